The lowest BCUT2D eigenvalue weighted by Gasteiger charge is -2.06. The molecule has 0 unspecified atom stereocenters. The van der Waals surface area contributed by atoms with Gasteiger partial charge in [-0.1, -0.05) is 53.0 Å². The van der Waals surface area contributed by atoms with Crippen molar-refractivity contribution < 1.29 is 0 Å². The molecule has 0 atom stereocenters. The SMILES string of the molecule is Cc1ccc(-c2c(Cl)ccnc2Cl)cc1. The van der Waals surface area contributed by atoms with Gasteiger partial charge in [0.25, 0.3) is 0 Å². The molecule has 0 radical (unpaired) electrons. The number of aromatic nitrogens is 1. The Labute approximate surface area is 98.7 Å². The molecule has 1 aromatic heterocycles. The van der Waals surface area contributed by atoms with Gasteiger partial charge in [-0.3, -0.25) is 0 Å². The minimum atomic E-state index is 0.436. The smallest absolute Gasteiger partial charge is 0.138 e. The van der Waals surface area contributed by atoms with Gasteiger partial charge in [0.2, 0.25) is 0 Å². The van der Waals surface area contributed by atoms with Crippen molar-refractivity contribution in [3.8, 4) is 11.1 Å². The van der Waals surface area contributed by atoms with Crippen LogP contribution in [-0.2, 0) is 0 Å². The van der Waals surface area contributed by atoms with E-state index in [-0.39, 0.29) is 0 Å². The molecule has 0 saturated heterocycles. The van der Waals surface area contributed by atoms with Gasteiger partial charge in [-0.2, -0.15) is 0 Å². The van der Waals surface area contributed by atoms with E-state index in [1.807, 2.05) is 31.2 Å². The van der Waals surface area contributed by atoms with Crippen molar-refractivity contribution in [2.45, 2.75) is 6.92 Å². The van der Waals surface area contributed by atoms with E-state index in [0.717, 1.165) is 11.1 Å². The Kier molecular flexibility index (Phi) is 2.94. The monoisotopic (exact) mass is 237 g/mol. The lowest BCUT2D eigenvalue weighted by Crippen LogP contribution is -1.84. The van der Waals surface area contributed by atoms with Crippen LogP contribution in [0.3, 0.4) is 0 Å². The second-order valence-electron chi connectivity index (χ2n) is 3.32. The number of nitrogens with zero attached hydrogens (tertiary/aromatic N) is 1. The normalized spacial score (nSPS) is 10.3. The molecule has 0 N–H and O–H groups in total. The summed E-state index contributed by atoms with van der Waals surface area (Å²) in [6.07, 6.45) is 1.60. The standard InChI is InChI=1S/C12H9Cl2N/c1-8-2-4-9(5-3-8)11-10(13)6-7-15-12(11)14/h2-7H,1H3. The molecule has 2 aromatic rings. The van der Waals surface area contributed by atoms with Crippen LogP contribution < -0.4 is 0 Å². The number of halogens is 2. The number of benzene rings is 1. The van der Waals surface area contributed by atoms with Crippen molar-refractivity contribution in [3.05, 3.63) is 52.3 Å². The zero-order valence-corrected chi connectivity index (χ0v) is 9.68. The lowest BCUT2D eigenvalue weighted by atomic mass is 10.1. The van der Waals surface area contributed by atoms with Crippen molar-refractivity contribution in [2.75, 3.05) is 0 Å². The molecule has 2 rings (SSSR count). The molecule has 0 aliphatic heterocycles. The van der Waals surface area contributed by atoms with Crippen LogP contribution in [0.5, 0.6) is 0 Å². The van der Waals surface area contributed by atoms with E-state index in [4.69, 9.17) is 23.2 Å². The maximum Gasteiger partial charge on any atom is 0.138 e. The quantitative estimate of drug-likeness (QED) is 0.672. The average Bonchev–Trinajstić information content (AvgIpc) is 2.20. The minimum Gasteiger partial charge on any atom is -0.244 e. The Morgan fingerprint density at radius 1 is 1.00 bits per heavy atom. The molecule has 3 heteroatoms. The fourth-order valence-corrected chi connectivity index (χ4v) is 1.96. The Morgan fingerprint density at radius 2 is 1.67 bits per heavy atom. The zero-order chi connectivity index (χ0) is 10.8. The highest BCUT2D eigenvalue weighted by Gasteiger charge is 2.08. The van der Waals surface area contributed by atoms with Crippen molar-refractivity contribution in [2.24, 2.45) is 0 Å². The second-order valence-corrected chi connectivity index (χ2v) is 4.09. The first-order valence-electron chi connectivity index (χ1n) is 4.55. The third kappa shape index (κ3) is 2.14. The molecule has 0 bridgehead atoms. The number of hydrogen-bond donors (Lipinski definition) is 0. The summed E-state index contributed by atoms with van der Waals surface area (Å²) in [5, 5.41) is 1.06. The summed E-state index contributed by atoms with van der Waals surface area (Å²) in [4.78, 5) is 4.02. The number of rotatable bonds is 1. The predicted octanol–water partition coefficient (Wildman–Crippen LogP) is 4.36. The Balaban J connectivity index is 2.58. The number of pyridine rings is 1. The summed E-state index contributed by atoms with van der Waals surface area (Å²) in [5.41, 5.74) is 2.99. The van der Waals surface area contributed by atoms with Crippen molar-refractivity contribution in [1.29, 1.82) is 0 Å². The maximum atomic E-state index is 6.08. The van der Waals surface area contributed by atoms with Gasteiger partial charge >= 0.3 is 0 Å². The van der Waals surface area contributed by atoms with Gasteiger partial charge in [-0.25, -0.2) is 4.98 Å². The van der Waals surface area contributed by atoms with Crippen LogP contribution in [0.1, 0.15) is 5.56 Å². The molecule has 1 heterocycles. The maximum absolute atomic E-state index is 6.08. The first-order valence-corrected chi connectivity index (χ1v) is 5.31. The van der Waals surface area contributed by atoms with E-state index in [0.29, 0.717) is 10.2 Å². The Morgan fingerprint density at radius 3 is 2.27 bits per heavy atom. The van der Waals surface area contributed by atoms with Crippen LogP contribution in [0.2, 0.25) is 10.2 Å². The van der Waals surface area contributed by atoms with E-state index in [9.17, 15) is 0 Å². The van der Waals surface area contributed by atoms with Crippen molar-refractivity contribution >= 4 is 23.2 Å². The Hall–Kier alpha value is -1.05. The van der Waals surface area contributed by atoms with E-state index >= 15 is 0 Å². The first-order chi connectivity index (χ1) is 7.18. The molecule has 76 valence electrons. The summed E-state index contributed by atoms with van der Waals surface area (Å²) in [6, 6.07) is 9.76. The molecule has 0 saturated carbocycles. The lowest BCUT2D eigenvalue weighted by molar-refractivity contribution is 1.33. The zero-order valence-electron chi connectivity index (χ0n) is 8.17. The summed E-state index contributed by atoms with van der Waals surface area (Å²) >= 11 is 12.1. The topological polar surface area (TPSA) is 12.9 Å². The minimum absolute atomic E-state index is 0.436. The van der Waals surface area contributed by atoms with Crippen molar-refractivity contribution in [1.82, 2.24) is 4.98 Å². The molecule has 0 fully saturated rings. The highest BCUT2D eigenvalue weighted by molar-refractivity contribution is 6.38. The van der Waals surface area contributed by atoms with Crippen LogP contribution in [-0.4, -0.2) is 4.98 Å². The molecule has 1 aromatic carbocycles. The molecule has 0 aliphatic rings. The van der Waals surface area contributed by atoms with E-state index < -0.39 is 0 Å². The fourth-order valence-electron chi connectivity index (χ4n) is 1.39. The van der Waals surface area contributed by atoms with Gasteiger partial charge in [-0.15, -0.1) is 0 Å². The molecule has 0 spiro atoms. The third-order valence-corrected chi connectivity index (χ3v) is 2.80. The van der Waals surface area contributed by atoms with E-state index in [1.165, 1.54) is 5.56 Å². The largest absolute Gasteiger partial charge is 0.244 e. The van der Waals surface area contributed by atoms with E-state index in [2.05, 4.69) is 4.98 Å². The average molecular weight is 238 g/mol. The fraction of sp³-hybridized carbons (Fsp3) is 0.0833. The van der Waals surface area contributed by atoms with Crippen LogP contribution in [0.15, 0.2) is 36.5 Å². The van der Waals surface area contributed by atoms with Gasteiger partial charge in [-0.05, 0) is 18.6 Å². The molecule has 0 amide bonds. The highest BCUT2D eigenvalue weighted by atomic mass is 35.5. The third-order valence-electron chi connectivity index (χ3n) is 2.19. The van der Waals surface area contributed by atoms with Gasteiger partial charge in [0, 0.05) is 11.8 Å². The number of aryl methyl sites for hydroxylation is 1. The first kappa shape index (κ1) is 10.5. The van der Waals surface area contributed by atoms with E-state index in [1.54, 1.807) is 12.3 Å². The molecular weight excluding hydrogens is 229 g/mol. The van der Waals surface area contributed by atoms with Gasteiger partial charge in [0.1, 0.15) is 5.15 Å². The van der Waals surface area contributed by atoms with Gasteiger partial charge in [0.15, 0.2) is 0 Å². The summed E-state index contributed by atoms with van der Waals surface area (Å²) in [6.45, 7) is 2.04. The highest BCUT2D eigenvalue weighted by Crippen LogP contribution is 2.32. The summed E-state index contributed by atoms with van der Waals surface area (Å²) in [5.74, 6) is 0. The van der Waals surface area contributed by atoms with Gasteiger partial charge in [0.05, 0.1) is 5.02 Å². The molecule has 0 aliphatic carbocycles. The van der Waals surface area contributed by atoms with Crippen LogP contribution >= 0.6 is 23.2 Å². The Bertz CT molecular complexity index is 457. The van der Waals surface area contributed by atoms with Crippen molar-refractivity contribution in [3.63, 3.8) is 0 Å². The molecule has 1 nitrogen and oxygen atoms in total. The summed E-state index contributed by atoms with van der Waals surface area (Å²) < 4.78 is 0. The molecule has 15 heavy (non-hydrogen) atoms. The predicted molar refractivity (Wildman–Crippen MR) is 64.4 cm³/mol. The van der Waals surface area contributed by atoms with Crippen LogP contribution in [0.4, 0.5) is 0 Å². The second kappa shape index (κ2) is 4.21. The molecular formula is C12H9Cl2N. The summed E-state index contributed by atoms with van der Waals surface area (Å²) in [7, 11) is 0. The number of hydrogen-bond acceptors (Lipinski definition) is 1. The van der Waals surface area contributed by atoms with Crippen LogP contribution in [0, 0.1) is 6.92 Å². The van der Waals surface area contributed by atoms with Gasteiger partial charge < -0.3 is 0 Å². The van der Waals surface area contributed by atoms with Crippen LogP contribution in [0.25, 0.3) is 11.1 Å².